The highest BCUT2D eigenvalue weighted by Gasteiger charge is 2.15. The molecule has 0 saturated carbocycles. The summed E-state index contributed by atoms with van der Waals surface area (Å²) in [4.78, 5) is 15.9. The SMILES string of the molecule is O=C(c1cncs1)c1ccc(Cl)cc1F. The number of thiazole rings is 1. The first kappa shape index (κ1) is 10.3. The molecule has 0 radical (unpaired) electrons. The molecular weight excluding hydrogens is 237 g/mol. The van der Waals surface area contributed by atoms with Crippen LogP contribution in [0.4, 0.5) is 4.39 Å². The van der Waals surface area contributed by atoms with Gasteiger partial charge in [0.2, 0.25) is 5.78 Å². The van der Waals surface area contributed by atoms with Gasteiger partial charge in [-0.25, -0.2) is 4.39 Å². The van der Waals surface area contributed by atoms with E-state index in [-0.39, 0.29) is 16.4 Å². The fraction of sp³-hybridized carbons (Fsp3) is 0. The number of rotatable bonds is 2. The fourth-order valence-corrected chi connectivity index (χ4v) is 1.87. The summed E-state index contributed by atoms with van der Waals surface area (Å²) in [6.07, 6.45) is 1.42. The van der Waals surface area contributed by atoms with E-state index in [0.717, 1.165) is 6.07 Å². The van der Waals surface area contributed by atoms with Gasteiger partial charge in [-0.2, -0.15) is 0 Å². The summed E-state index contributed by atoms with van der Waals surface area (Å²) in [5, 5.41) is 0.272. The minimum absolute atomic E-state index is 0.0173. The summed E-state index contributed by atoms with van der Waals surface area (Å²) in [5.74, 6) is -0.979. The molecule has 0 bridgehead atoms. The number of ketones is 1. The second-order valence-electron chi connectivity index (χ2n) is 2.82. The normalized spacial score (nSPS) is 10.3. The van der Waals surface area contributed by atoms with Crippen molar-refractivity contribution in [3.63, 3.8) is 0 Å². The Morgan fingerprint density at radius 3 is 2.87 bits per heavy atom. The number of carbonyl (C=O) groups excluding carboxylic acids is 1. The maximum absolute atomic E-state index is 13.4. The quantitative estimate of drug-likeness (QED) is 0.756. The van der Waals surface area contributed by atoms with Gasteiger partial charge >= 0.3 is 0 Å². The van der Waals surface area contributed by atoms with Gasteiger partial charge in [-0.1, -0.05) is 11.6 Å². The molecule has 0 saturated heterocycles. The molecule has 2 nitrogen and oxygen atoms in total. The van der Waals surface area contributed by atoms with Crippen molar-refractivity contribution in [1.82, 2.24) is 4.98 Å². The lowest BCUT2D eigenvalue weighted by Gasteiger charge is -1.99. The molecule has 76 valence electrons. The van der Waals surface area contributed by atoms with Crippen LogP contribution in [0.3, 0.4) is 0 Å². The van der Waals surface area contributed by atoms with Crippen LogP contribution < -0.4 is 0 Å². The summed E-state index contributed by atoms with van der Waals surface area (Å²) in [6.45, 7) is 0. The average Bonchev–Trinajstić information content (AvgIpc) is 2.69. The van der Waals surface area contributed by atoms with Crippen LogP contribution in [-0.2, 0) is 0 Å². The van der Waals surface area contributed by atoms with Gasteiger partial charge < -0.3 is 0 Å². The third-order valence-electron chi connectivity index (χ3n) is 1.83. The molecule has 2 rings (SSSR count). The van der Waals surface area contributed by atoms with E-state index < -0.39 is 5.82 Å². The van der Waals surface area contributed by atoms with Crippen molar-refractivity contribution >= 4 is 28.7 Å². The lowest BCUT2D eigenvalue weighted by Crippen LogP contribution is -2.01. The van der Waals surface area contributed by atoms with Crippen molar-refractivity contribution in [3.05, 3.63) is 51.2 Å². The molecule has 0 atom stereocenters. The second kappa shape index (κ2) is 4.08. The van der Waals surface area contributed by atoms with E-state index in [2.05, 4.69) is 4.98 Å². The van der Waals surface area contributed by atoms with Gasteiger partial charge in [-0.05, 0) is 18.2 Å². The number of benzene rings is 1. The third kappa shape index (κ3) is 2.06. The van der Waals surface area contributed by atoms with E-state index >= 15 is 0 Å². The van der Waals surface area contributed by atoms with Crippen LogP contribution in [0.2, 0.25) is 5.02 Å². The Morgan fingerprint density at radius 1 is 1.47 bits per heavy atom. The first-order valence-corrected chi connectivity index (χ1v) is 5.32. The molecule has 0 N–H and O–H groups in total. The number of carbonyl (C=O) groups is 1. The highest BCUT2D eigenvalue weighted by atomic mass is 35.5. The number of halogens is 2. The van der Waals surface area contributed by atoms with E-state index in [4.69, 9.17) is 11.6 Å². The van der Waals surface area contributed by atoms with Crippen molar-refractivity contribution in [2.24, 2.45) is 0 Å². The van der Waals surface area contributed by atoms with Crippen LogP contribution in [0.1, 0.15) is 15.2 Å². The van der Waals surface area contributed by atoms with Gasteiger partial charge in [0.15, 0.2) is 0 Å². The monoisotopic (exact) mass is 241 g/mol. The molecule has 0 amide bonds. The molecular formula is C10H5ClFNOS. The minimum atomic E-state index is -0.610. The Hall–Kier alpha value is -1.26. The lowest BCUT2D eigenvalue weighted by molar-refractivity contribution is 0.103. The summed E-state index contributed by atoms with van der Waals surface area (Å²) < 4.78 is 13.4. The number of hydrogen-bond donors (Lipinski definition) is 0. The molecule has 1 aromatic carbocycles. The zero-order valence-corrected chi connectivity index (χ0v) is 8.98. The molecule has 15 heavy (non-hydrogen) atoms. The largest absolute Gasteiger partial charge is 0.288 e. The van der Waals surface area contributed by atoms with Crippen LogP contribution in [0, 0.1) is 5.82 Å². The summed E-state index contributed by atoms with van der Waals surface area (Å²) in [5.41, 5.74) is 1.55. The maximum Gasteiger partial charge on any atom is 0.207 e. The first-order valence-electron chi connectivity index (χ1n) is 4.07. The number of hydrogen-bond acceptors (Lipinski definition) is 3. The Kier molecular flexibility index (Phi) is 2.79. The van der Waals surface area contributed by atoms with E-state index in [9.17, 15) is 9.18 Å². The fourth-order valence-electron chi connectivity index (χ4n) is 1.13. The Labute approximate surface area is 94.3 Å². The molecule has 0 fully saturated rings. The van der Waals surface area contributed by atoms with Crippen molar-refractivity contribution in [2.45, 2.75) is 0 Å². The molecule has 5 heteroatoms. The molecule has 1 aromatic heterocycles. The molecule has 2 aromatic rings. The Balaban J connectivity index is 2.42. The summed E-state index contributed by atoms with van der Waals surface area (Å²) in [7, 11) is 0. The van der Waals surface area contributed by atoms with Gasteiger partial charge in [0.1, 0.15) is 5.82 Å². The van der Waals surface area contributed by atoms with Crippen molar-refractivity contribution in [3.8, 4) is 0 Å². The molecule has 0 aliphatic carbocycles. The van der Waals surface area contributed by atoms with Crippen LogP contribution in [-0.4, -0.2) is 10.8 Å². The number of nitrogens with zero attached hydrogens (tertiary/aromatic N) is 1. The van der Waals surface area contributed by atoms with Gasteiger partial charge in [0.05, 0.1) is 16.0 Å². The predicted octanol–water partition coefficient (Wildman–Crippen LogP) is 3.17. The van der Waals surface area contributed by atoms with Crippen LogP contribution >= 0.6 is 22.9 Å². The zero-order chi connectivity index (χ0) is 10.8. The van der Waals surface area contributed by atoms with Gasteiger partial charge in [-0.3, -0.25) is 9.78 Å². The second-order valence-corrected chi connectivity index (χ2v) is 4.14. The smallest absolute Gasteiger partial charge is 0.207 e. The highest BCUT2D eigenvalue weighted by Crippen LogP contribution is 2.19. The Morgan fingerprint density at radius 2 is 2.27 bits per heavy atom. The summed E-state index contributed by atoms with van der Waals surface area (Å²) in [6, 6.07) is 3.98. The van der Waals surface area contributed by atoms with Gasteiger partial charge in [0, 0.05) is 11.2 Å². The van der Waals surface area contributed by atoms with Crippen molar-refractivity contribution in [1.29, 1.82) is 0 Å². The van der Waals surface area contributed by atoms with Crippen LogP contribution in [0.5, 0.6) is 0 Å². The minimum Gasteiger partial charge on any atom is -0.288 e. The first-order chi connectivity index (χ1) is 7.18. The van der Waals surface area contributed by atoms with Crippen LogP contribution in [0.25, 0.3) is 0 Å². The molecule has 0 spiro atoms. The standard InChI is InChI=1S/C10H5ClFNOS/c11-6-1-2-7(8(12)3-6)10(14)9-4-13-5-15-9/h1-5H. The lowest BCUT2D eigenvalue weighted by atomic mass is 10.1. The third-order valence-corrected chi connectivity index (χ3v) is 2.84. The van der Waals surface area contributed by atoms with Gasteiger partial charge in [-0.15, -0.1) is 11.3 Å². The number of aromatic nitrogens is 1. The molecule has 0 unspecified atom stereocenters. The van der Waals surface area contributed by atoms with Crippen LogP contribution in [0.15, 0.2) is 29.9 Å². The zero-order valence-electron chi connectivity index (χ0n) is 7.41. The van der Waals surface area contributed by atoms with Crippen molar-refractivity contribution < 1.29 is 9.18 Å². The Bertz CT molecular complexity index is 498. The van der Waals surface area contributed by atoms with E-state index in [1.165, 1.54) is 35.2 Å². The predicted molar refractivity (Wildman–Crippen MR) is 57.0 cm³/mol. The van der Waals surface area contributed by atoms with Gasteiger partial charge in [0.25, 0.3) is 0 Å². The van der Waals surface area contributed by atoms with E-state index in [1.807, 2.05) is 0 Å². The van der Waals surface area contributed by atoms with E-state index in [0.29, 0.717) is 4.88 Å². The maximum atomic E-state index is 13.4. The molecule has 0 aliphatic heterocycles. The highest BCUT2D eigenvalue weighted by molar-refractivity contribution is 7.11. The summed E-state index contributed by atoms with van der Waals surface area (Å²) >= 11 is 6.76. The van der Waals surface area contributed by atoms with Crippen molar-refractivity contribution in [2.75, 3.05) is 0 Å². The molecule has 1 heterocycles. The average molecular weight is 242 g/mol. The molecule has 0 aliphatic rings. The topological polar surface area (TPSA) is 30.0 Å². The van der Waals surface area contributed by atoms with E-state index in [1.54, 1.807) is 0 Å².